The van der Waals surface area contributed by atoms with E-state index in [-0.39, 0.29) is 24.0 Å². The molecular formula is C12H24IN3O. The molecule has 1 aliphatic heterocycles. The van der Waals surface area contributed by atoms with E-state index in [0.29, 0.717) is 5.96 Å². The van der Waals surface area contributed by atoms with Gasteiger partial charge in [-0.3, -0.25) is 4.99 Å². The Morgan fingerprint density at radius 1 is 1.47 bits per heavy atom. The molecule has 1 aliphatic rings. The van der Waals surface area contributed by atoms with Gasteiger partial charge in [0.2, 0.25) is 0 Å². The van der Waals surface area contributed by atoms with Crippen molar-refractivity contribution in [1.29, 1.82) is 0 Å². The van der Waals surface area contributed by atoms with Crippen LogP contribution >= 0.6 is 24.0 Å². The van der Waals surface area contributed by atoms with Crippen LogP contribution in [0.2, 0.25) is 0 Å². The molecule has 0 fully saturated rings. The fourth-order valence-electron chi connectivity index (χ4n) is 1.75. The van der Waals surface area contributed by atoms with Crippen molar-refractivity contribution >= 4 is 29.9 Å². The fourth-order valence-corrected chi connectivity index (χ4v) is 1.75. The number of ether oxygens (including phenoxy) is 1. The zero-order valence-electron chi connectivity index (χ0n) is 10.8. The van der Waals surface area contributed by atoms with Crippen LogP contribution in [0.4, 0.5) is 0 Å². The molecule has 1 heterocycles. The fraction of sp³-hybridized carbons (Fsp3) is 0.750. The molecule has 1 rings (SSSR count). The maximum absolute atomic E-state index is 5.89. The summed E-state index contributed by atoms with van der Waals surface area (Å²) in [6.07, 6.45) is 4.21. The Balaban J connectivity index is 0.00000256. The Hall–Kier alpha value is -0.300. The predicted molar refractivity (Wildman–Crippen MR) is 83.0 cm³/mol. The molecule has 0 saturated carbocycles. The standard InChI is InChI=1S/C12H23N3O.HI/c1-3-15(4-2)12(13)14-8-5-11-6-9-16-10-7-11;/h6H,3-5,7-10H2,1-2H3,(H2,13,14);1H. The van der Waals surface area contributed by atoms with Crippen LogP contribution < -0.4 is 5.73 Å². The van der Waals surface area contributed by atoms with E-state index >= 15 is 0 Å². The van der Waals surface area contributed by atoms with Crippen LogP contribution in [-0.2, 0) is 4.74 Å². The molecule has 0 atom stereocenters. The van der Waals surface area contributed by atoms with E-state index in [2.05, 4.69) is 29.8 Å². The Morgan fingerprint density at radius 3 is 2.71 bits per heavy atom. The van der Waals surface area contributed by atoms with Crippen LogP contribution in [0.3, 0.4) is 0 Å². The minimum Gasteiger partial charge on any atom is -0.377 e. The van der Waals surface area contributed by atoms with Gasteiger partial charge in [0.25, 0.3) is 0 Å². The summed E-state index contributed by atoms with van der Waals surface area (Å²) in [6, 6.07) is 0. The molecule has 5 heteroatoms. The van der Waals surface area contributed by atoms with Gasteiger partial charge in [-0.2, -0.15) is 0 Å². The van der Waals surface area contributed by atoms with Gasteiger partial charge in [0.1, 0.15) is 0 Å². The maximum atomic E-state index is 5.89. The van der Waals surface area contributed by atoms with E-state index in [4.69, 9.17) is 10.5 Å². The Kier molecular flexibility index (Phi) is 9.53. The van der Waals surface area contributed by atoms with E-state index in [1.54, 1.807) is 0 Å². The number of nitrogens with two attached hydrogens (primary N) is 1. The van der Waals surface area contributed by atoms with Gasteiger partial charge in [-0.25, -0.2) is 0 Å². The molecule has 17 heavy (non-hydrogen) atoms. The van der Waals surface area contributed by atoms with E-state index in [1.807, 2.05) is 0 Å². The lowest BCUT2D eigenvalue weighted by Gasteiger charge is -2.19. The number of guanidine groups is 1. The average Bonchev–Trinajstić information content (AvgIpc) is 2.32. The van der Waals surface area contributed by atoms with Gasteiger partial charge in [0.15, 0.2) is 5.96 Å². The molecule has 0 aliphatic carbocycles. The van der Waals surface area contributed by atoms with Crippen molar-refractivity contribution in [1.82, 2.24) is 4.90 Å². The largest absolute Gasteiger partial charge is 0.377 e. The van der Waals surface area contributed by atoms with Crippen molar-refractivity contribution in [2.24, 2.45) is 10.7 Å². The third-order valence-corrected chi connectivity index (χ3v) is 2.85. The molecule has 2 N–H and O–H groups in total. The number of hydrogen-bond donors (Lipinski definition) is 1. The quantitative estimate of drug-likeness (QED) is 0.356. The van der Waals surface area contributed by atoms with Gasteiger partial charge >= 0.3 is 0 Å². The summed E-state index contributed by atoms with van der Waals surface area (Å²) in [5, 5.41) is 0. The molecule has 0 aromatic rings. The lowest BCUT2D eigenvalue weighted by Crippen LogP contribution is -2.37. The van der Waals surface area contributed by atoms with Crippen LogP contribution in [0.25, 0.3) is 0 Å². The summed E-state index contributed by atoms with van der Waals surface area (Å²) in [5.74, 6) is 0.664. The summed E-state index contributed by atoms with van der Waals surface area (Å²) in [5.41, 5.74) is 7.33. The molecule has 0 aromatic carbocycles. The maximum Gasteiger partial charge on any atom is 0.191 e. The monoisotopic (exact) mass is 353 g/mol. The minimum atomic E-state index is 0. The predicted octanol–water partition coefficient (Wildman–Crippen LogP) is 2.00. The SMILES string of the molecule is CCN(CC)C(N)=NCCC1=CCOCC1.I. The van der Waals surface area contributed by atoms with Gasteiger partial charge in [0, 0.05) is 19.6 Å². The van der Waals surface area contributed by atoms with Crippen LogP contribution in [0, 0.1) is 0 Å². The average molecular weight is 353 g/mol. The molecule has 0 bridgehead atoms. The first kappa shape index (κ1) is 16.7. The van der Waals surface area contributed by atoms with Crippen LogP contribution in [0.15, 0.2) is 16.6 Å². The zero-order chi connectivity index (χ0) is 11.8. The van der Waals surface area contributed by atoms with Gasteiger partial charge in [-0.15, -0.1) is 24.0 Å². The molecule has 0 unspecified atom stereocenters. The topological polar surface area (TPSA) is 50.8 Å². The van der Waals surface area contributed by atoms with E-state index < -0.39 is 0 Å². The number of rotatable bonds is 5. The summed E-state index contributed by atoms with van der Waals surface area (Å²) in [7, 11) is 0. The highest BCUT2D eigenvalue weighted by molar-refractivity contribution is 14.0. The second kappa shape index (κ2) is 9.70. The van der Waals surface area contributed by atoms with Crippen molar-refractivity contribution in [2.75, 3.05) is 32.8 Å². The van der Waals surface area contributed by atoms with Crippen LogP contribution in [0.1, 0.15) is 26.7 Å². The highest BCUT2D eigenvalue weighted by Gasteiger charge is 2.04. The molecule has 0 spiro atoms. The van der Waals surface area contributed by atoms with E-state index in [0.717, 1.165) is 45.7 Å². The second-order valence-electron chi connectivity index (χ2n) is 3.85. The normalized spacial score (nSPS) is 16.1. The molecular weight excluding hydrogens is 329 g/mol. The number of halogens is 1. The molecule has 0 aromatic heterocycles. The third-order valence-electron chi connectivity index (χ3n) is 2.85. The minimum absolute atomic E-state index is 0. The highest BCUT2D eigenvalue weighted by atomic mass is 127. The lowest BCUT2D eigenvalue weighted by atomic mass is 10.1. The smallest absolute Gasteiger partial charge is 0.191 e. The van der Waals surface area contributed by atoms with Crippen molar-refractivity contribution in [3.63, 3.8) is 0 Å². The van der Waals surface area contributed by atoms with Crippen molar-refractivity contribution < 1.29 is 4.74 Å². The Bertz CT molecular complexity index is 262. The first-order valence-corrected chi connectivity index (χ1v) is 6.08. The molecule has 100 valence electrons. The van der Waals surface area contributed by atoms with Crippen molar-refractivity contribution in [2.45, 2.75) is 26.7 Å². The molecule has 0 amide bonds. The second-order valence-corrected chi connectivity index (χ2v) is 3.85. The summed E-state index contributed by atoms with van der Waals surface area (Å²) < 4.78 is 5.26. The lowest BCUT2D eigenvalue weighted by molar-refractivity contribution is 0.153. The molecule has 4 nitrogen and oxygen atoms in total. The number of aliphatic imine (C=N–C) groups is 1. The highest BCUT2D eigenvalue weighted by Crippen LogP contribution is 2.11. The zero-order valence-corrected chi connectivity index (χ0v) is 13.1. The van der Waals surface area contributed by atoms with Gasteiger partial charge in [-0.05, 0) is 26.7 Å². The first-order chi connectivity index (χ1) is 7.77. The summed E-state index contributed by atoms with van der Waals surface area (Å²) in [6.45, 7) is 8.41. The summed E-state index contributed by atoms with van der Waals surface area (Å²) in [4.78, 5) is 6.47. The molecule has 0 radical (unpaired) electrons. The van der Waals surface area contributed by atoms with Crippen molar-refractivity contribution in [3.8, 4) is 0 Å². The van der Waals surface area contributed by atoms with Gasteiger partial charge in [-0.1, -0.05) is 11.6 Å². The number of hydrogen-bond acceptors (Lipinski definition) is 2. The first-order valence-electron chi connectivity index (χ1n) is 6.08. The van der Waals surface area contributed by atoms with Crippen LogP contribution in [-0.4, -0.2) is 43.7 Å². The Labute approximate surface area is 121 Å². The number of nitrogens with zero attached hydrogens (tertiary/aromatic N) is 2. The summed E-state index contributed by atoms with van der Waals surface area (Å²) >= 11 is 0. The third kappa shape index (κ3) is 6.26. The molecule has 0 saturated heterocycles. The van der Waals surface area contributed by atoms with Crippen molar-refractivity contribution in [3.05, 3.63) is 11.6 Å². The van der Waals surface area contributed by atoms with E-state index in [9.17, 15) is 0 Å². The van der Waals surface area contributed by atoms with Crippen LogP contribution in [0.5, 0.6) is 0 Å². The van der Waals surface area contributed by atoms with E-state index in [1.165, 1.54) is 5.57 Å². The van der Waals surface area contributed by atoms with Gasteiger partial charge < -0.3 is 15.4 Å². The van der Waals surface area contributed by atoms with Gasteiger partial charge in [0.05, 0.1) is 13.2 Å². The Morgan fingerprint density at radius 2 is 2.18 bits per heavy atom.